The monoisotopic (exact) mass is 286 g/mol. The van der Waals surface area contributed by atoms with Crippen LogP contribution in [0, 0.1) is 15.5 Å². The highest BCUT2D eigenvalue weighted by Gasteiger charge is 2.10. The Kier molecular flexibility index (Phi) is 5.90. The molecule has 0 unspecified atom stereocenters. The third-order valence-corrected chi connectivity index (χ3v) is 2.38. The normalized spacial score (nSPS) is 8.80. The number of thiocarbonyl (C=S) groups is 1. The number of carbonyl (C=O) groups is 1. The summed E-state index contributed by atoms with van der Waals surface area (Å²) in [5, 5.41) is 17.8. The van der Waals surface area contributed by atoms with E-state index in [0.717, 1.165) is 0 Å². The van der Waals surface area contributed by atoms with Crippen LogP contribution in [0.15, 0.2) is 54.6 Å². The van der Waals surface area contributed by atoms with Crippen LogP contribution < -0.4 is 0 Å². The number of hydrogen-bond acceptors (Lipinski definition) is 5. The van der Waals surface area contributed by atoms with Crippen LogP contribution in [0.4, 0.5) is 5.69 Å². The quantitative estimate of drug-likeness (QED) is 0.308. The molecule has 0 fully saturated rings. The molecule has 5 nitrogen and oxygen atoms in total. The summed E-state index contributed by atoms with van der Waals surface area (Å²) in [6.45, 7) is 0. The van der Waals surface area contributed by atoms with Crippen LogP contribution >= 0.6 is 12.2 Å². The molecule has 0 aromatic heterocycles. The van der Waals surface area contributed by atoms with E-state index in [4.69, 9.17) is 5.41 Å². The van der Waals surface area contributed by atoms with Gasteiger partial charge in [0, 0.05) is 23.3 Å². The molecule has 0 atom stereocenters. The number of rotatable bonds is 3. The van der Waals surface area contributed by atoms with Gasteiger partial charge >= 0.3 is 0 Å². The number of nitro groups is 1. The molecule has 2 aromatic rings. The number of benzene rings is 2. The summed E-state index contributed by atoms with van der Waals surface area (Å²) in [6, 6.07) is 14.4. The molecule has 0 amide bonds. The predicted octanol–water partition coefficient (Wildman–Crippen LogP) is 3.49. The maximum atomic E-state index is 12.0. The average Bonchev–Trinajstić information content (AvgIpc) is 2.48. The van der Waals surface area contributed by atoms with Gasteiger partial charge in [0.25, 0.3) is 5.69 Å². The van der Waals surface area contributed by atoms with Crippen molar-refractivity contribution in [1.29, 1.82) is 5.41 Å². The van der Waals surface area contributed by atoms with E-state index in [-0.39, 0.29) is 11.5 Å². The average molecular weight is 286 g/mol. The van der Waals surface area contributed by atoms with Gasteiger partial charge in [-0.3, -0.25) is 14.9 Å². The molecule has 0 spiro atoms. The minimum atomic E-state index is -0.489. The van der Waals surface area contributed by atoms with Crippen molar-refractivity contribution in [3.8, 4) is 0 Å². The summed E-state index contributed by atoms with van der Waals surface area (Å²) in [5.74, 6) is -0.138. The molecule has 1 N–H and O–H groups in total. The van der Waals surface area contributed by atoms with Crippen molar-refractivity contribution in [3.63, 3.8) is 0 Å². The molecule has 0 bridgehead atoms. The van der Waals surface area contributed by atoms with Gasteiger partial charge in [-0.1, -0.05) is 30.3 Å². The van der Waals surface area contributed by atoms with E-state index >= 15 is 0 Å². The Balaban J connectivity index is 0.000000612. The van der Waals surface area contributed by atoms with E-state index in [1.165, 1.54) is 24.3 Å². The first-order valence-electron chi connectivity index (χ1n) is 5.48. The summed E-state index contributed by atoms with van der Waals surface area (Å²) >= 11 is 3.81. The van der Waals surface area contributed by atoms with Crippen LogP contribution in [0.5, 0.6) is 0 Å². The van der Waals surface area contributed by atoms with Crippen molar-refractivity contribution in [2.45, 2.75) is 0 Å². The molecular weight excluding hydrogens is 276 g/mol. The highest BCUT2D eigenvalue weighted by molar-refractivity contribution is 7.78. The van der Waals surface area contributed by atoms with Gasteiger partial charge < -0.3 is 0 Å². The fraction of sp³-hybridized carbons (Fsp3) is 0. The van der Waals surface area contributed by atoms with E-state index in [0.29, 0.717) is 11.1 Å². The Morgan fingerprint density at radius 3 is 1.95 bits per heavy atom. The van der Waals surface area contributed by atoms with Gasteiger partial charge in [-0.05, 0) is 24.4 Å². The van der Waals surface area contributed by atoms with Crippen molar-refractivity contribution in [2.75, 3.05) is 0 Å². The zero-order chi connectivity index (χ0) is 15.0. The van der Waals surface area contributed by atoms with Crippen LogP contribution in [0.25, 0.3) is 0 Å². The first-order chi connectivity index (χ1) is 9.60. The second kappa shape index (κ2) is 7.68. The number of ketones is 1. The molecule has 0 aliphatic carbocycles. The summed E-state index contributed by atoms with van der Waals surface area (Å²) in [7, 11) is 0. The van der Waals surface area contributed by atoms with Gasteiger partial charge in [0.1, 0.15) is 0 Å². The lowest BCUT2D eigenvalue weighted by Crippen LogP contribution is -2.00. The molecule has 20 heavy (non-hydrogen) atoms. The van der Waals surface area contributed by atoms with Crippen LogP contribution in [0.1, 0.15) is 15.9 Å². The molecule has 0 aliphatic rings. The first kappa shape index (κ1) is 15.4. The van der Waals surface area contributed by atoms with E-state index in [2.05, 4.69) is 12.2 Å². The second-order valence-corrected chi connectivity index (χ2v) is 3.81. The smallest absolute Gasteiger partial charge is 0.269 e. The number of carbonyl (C=O) groups excluding carboxylic acids is 1. The minimum Gasteiger partial charge on any atom is -0.289 e. The number of nitro benzene ring substituents is 1. The lowest BCUT2D eigenvalue weighted by molar-refractivity contribution is -0.384. The largest absolute Gasteiger partial charge is 0.289 e. The van der Waals surface area contributed by atoms with Crippen LogP contribution in [-0.4, -0.2) is 15.9 Å². The Morgan fingerprint density at radius 1 is 1.05 bits per heavy atom. The predicted molar refractivity (Wildman–Crippen MR) is 78.3 cm³/mol. The number of non-ortho nitro benzene ring substituents is 1. The highest BCUT2D eigenvalue weighted by Crippen LogP contribution is 2.15. The van der Waals surface area contributed by atoms with Gasteiger partial charge in [0.2, 0.25) is 0 Å². The van der Waals surface area contributed by atoms with Crippen molar-refractivity contribution in [1.82, 2.24) is 0 Å². The molecule has 2 rings (SSSR count). The number of hydrogen-bond donors (Lipinski definition) is 1. The van der Waals surface area contributed by atoms with E-state index in [1.807, 2.05) is 6.07 Å². The number of isothiocyanates is 1. The van der Waals surface area contributed by atoms with Crippen LogP contribution in [0.2, 0.25) is 0 Å². The SMILES string of the molecule is N=C=S.O=C(c1ccccc1)c1ccc([N+](=O)[O-])cc1. The second-order valence-electron chi connectivity index (χ2n) is 3.60. The Hall–Kier alpha value is -2.69. The van der Waals surface area contributed by atoms with Gasteiger partial charge in [-0.15, -0.1) is 0 Å². The molecular formula is C14H10N2O3S. The molecule has 0 saturated heterocycles. The zero-order valence-electron chi connectivity index (χ0n) is 10.3. The van der Waals surface area contributed by atoms with Crippen molar-refractivity contribution in [2.24, 2.45) is 0 Å². The Morgan fingerprint density at radius 2 is 1.50 bits per heavy atom. The minimum absolute atomic E-state index is 0.0189. The fourth-order valence-electron chi connectivity index (χ4n) is 1.49. The van der Waals surface area contributed by atoms with E-state index in [9.17, 15) is 14.9 Å². The lowest BCUT2D eigenvalue weighted by atomic mass is 10.0. The standard InChI is InChI=1S/C13H9NO3.CHNS/c15-13(10-4-2-1-3-5-10)11-6-8-12(9-7-11)14(16)17;2-1-3/h1-9H;2H. The van der Waals surface area contributed by atoms with Gasteiger partial charge in [0.15, 0.2) is 5.78 Å². The Labute approximate surface area is 120 Å². The molecule has 0 radical (unpaired) electrons. The third kappa shape index (κ3) is 4.20. The molecule has 0 aliphatic heterocycles. The lowest BCUT2D eigenvalue weighted by Gasteiger charge is -2.00. The Bertz CT molecular complexity index is 633. The first-order valence-corrected chi connectivity index (χ1v) is 5.89. The number of nitrogens with zero attached hydrogens (tertiary/aromatic N) is 1. The third-order valence-electron chi connectivity index (χ3n) is 2.38. The van der Waals surface area contributed by atoms with Crippen molar-refractivity contribution < 1.29 is 9.72 Å². The maximum Gasteiger partial charge on any atom is 0.269 e. The molecule has 0 saturated carbocycles. The summed E-state index contributed by atoms with van der Waals surface area (Å²) in [6.07, 6.45) is 0. The molecule has 6 heteroatoms. The fourth-order valence-corrected chi connectivity index (χ4v) is 1.49. The van der Waals surface area contributed by atoms with Gasteiger partial charge in [-0.25, -0.2) is 5.41 Å². The van der Waals surface area contributed by atoms with E-state index in [1.54, 1.807) is 29.4 Å². The van der Waals surface area contributed by atoms with Gasteiger partial charge in [-0.2, -0.15) is 0 Å². The molecule has 100 valence electrons. The topological polar surface area (TPSA) is 84.1 Å². The summed E-state index contributed by atoms with van der Waals surface area (Å²) < 4.78 is 0. The van der Waals surface area contributed by atoms with Crippen LogP contribution in [-0.2, 0) is 0 Å². The zero-order valence-corrected chi connectivity index (χ0v) is 11.1. The number of nitrogens with one attached hydrogen (secondary N) is 1. The molecule has 0 heterocycles. The highest BCUT2D eigenvalue weighted by atomic mass is 32.1. The van der Waals surface area contributed by atoms with Crippen LogP contribution in [0.3, 0.4) is 0 Å². The van der Waals surface area contributed by atoms with E-state index < -0.39 is 4.92 Å². The molecule has 2 aromatic carbocycles. The summed E-state index contributed by atoms with van der Waals surface area (Å²) in [4.78, 5) is 21.9. The van der Waals surface area contributed by atoms with Crippen molar-refractivity contribution in [3.05, 3.63) is 75.8 Å². The summed E-state index contributed by atoms with van der Waals surface area (Å²) in [5.41, 5.74) is 0.998. The van der Waals surface area contributed by atoms with Gasteiger partial charge in [0.05, 0.1) is 10.1 Å². The maximum absolute atomic E-state index is 12.0. The van der Waals surface area contributed by atoms with Crippen molar-refractivity contribution >= 4 is 28.8 Å².